The van der Waals surface area contributed by atoms with Crippen molar-refractivity contribution in [3.05, 3.63) is 15.6 Å². The van der Waals surface area contributed by atoms with E-state index in [0.29, 0.717) is 0 Å². The summed E-state index contributed by atoms with van der Waals surface area (Å²) in [6.07, 6.45) is 1.12. The van der Waals surface area contributed by atoms with E-state index < -0.39 is 0 Å². The number of aryl methyl sites for hydroxylation is 2. The summed E-state index contributed by atoms with van der Waals surface area (Å²) in [6.45, 7) is 8.69. The maximum Gasteiger partial charge on any atom is 0.0900 e. The zero-order valence-corrected chi connectivity index (χ0v) is 8.46. The van der Waals surface area contributed by atoms with Crippen LogP contribution in [-0.4, -0.2) is 4.98 Å². The van der Waals surface area contributed by atoms with Gasteiger partial charge in [-0.05, 0) is 26.2 Å². The van der Waals surface area contributed by atoms with Crippen molar-refractivity contribution in [2.24, 2.45) is 5.92 Å². The molecule has 1 aromatic rings. The van der Waals surface area contributed by atoms with Crippen LogP contribution in [0.4, 0.5) is 0 Å². The van der Waals surface area contributed by atoms with Crippen molar-refractivity contribution in [3.63, 3.8) is 0 Å². The Labute approximate surface area is 72.5 Å². The van der Waals surface area contributed by atoms with Crippen molar-refractivity contribution in [2.45, 2.75) is 34.1 Å². The summed E-state index contributed by atoms with van der Waals surface area (Å²) < 4.78 is 0. The molecule has 0 aliphatic heterocycles. The predicted octanol–water partition coefficient (Wildman–Crippen LogP) is 2.96. The van der Waals surface area contributed by atoms with Crippen LogP contribution in [0.2, 0.25) is 0 Å². The van der Waals surface area contributed by atoms with Gasteiger partial charge in [-0.25, -0.2) is 4.98 Å². The molecule has 0 aliphatic carbocycles. The number of aromatic nitrogens is 1. The average molecular weight is 169 g/mol. The lowest BCUT2D eigenvalue weighted by atomic mass is 10.1. The summed E-state index contributed by atoms with van der Waals surface area (Å²) in [5.41, 5.74) is 1.29. The molecule has 0 atom stereocenters. The van der Waals surface area contributed by atoms with Crippen molar-refractivity contribution in [1.82, 2.24) is 4.98 Å². The number of hydrogen-bond acceptors (Lipinski definition) is 2. The standard InChI is InChI=1S/C9H15NS/c1-6(2)5-9-7(3)11-8(4)10-9/h6H,5H2,1-4H3. The average Bonchev–Trinajstić information content (AvgIpc) is 2.09. The van der Waals surface area contributed by atoms with Crippen LogP contribution in [0, 0.1) is 19.8 Å². The highest BCUT2D eigenvalue weighted by atomic mass is 32.1. The molecule has 0 spiro atoms. The minimum absolute atomic E-state index is 0.718. The topological polar surface area (TPSA) is 12.9 Å². The summed E-state index contributed by atoms with van der Waals surface area (Å²) >= 11 is 1.80. The van der Waals surface area contributed by atoms with Gasteiger partial charge in [-0.1, -0.05) is 13.8 Å². The van der Waals surface area contributed by atoms with Crippen LogP contribution in [0.15, 0.2) is 0 Å². The minimum Gasteiger partial charge on any atom is -0.246 e. The molecule has 11 heavy (non-hydrogen) atoms. The highest BCUT2D eigenvalue weighted by molar-refractivity contribution is 7.11. The van der Waals surface area contributed by atoms with Gasteiger partial charge in [-0.2, -0.15) is 0 Å². The third-order valence-corrected chi connectivity index (χ3v) is 2.53. The van der Waals surface area contributed by atoms with Gasteiger partial charge in [0, 0.05) is 4.88 Å². The van der Waals surface area contributed by atoms with Crippen LogP contribution >= 0.6 is 11.3 Å². The zero-order valence-electron chi connectivity index (χ0n) is 7.64. The van der Waals surface area contributed by atoms with Crippen LogP contribution < -0.4 is 0 Å². The van der Waals surface area contributed by atoms with Gasteiger partial charge in [-0.3, -0.25) is 0 Å². The summed E-state index contributed by atoms with van der Waals surface area (Å²) in [4.78, 5) is 5.85. The Kier molecular flexibility index (Phi) is 2.66. The first-order valence-corrected chi connectivity index (χ1v) is 4.84. The zero-order chi connectivity index (χ0) is 8.43. The Morgan fingerprint density at radius 2 is 2.00 bits per heavy atom. The molecule has 0 radical (unpaired) electrons. The number of nitrogens with zero attached hydrogens (tertiary/aromatic N) is 1. The molecule has 1 nitrogen and oxygen atoms in total. The maximum absolute atomic E-state index is 4.47. The van der Waals surface area contributed by atoms with Gasteiger partial charge in [0.1, 0.15) is 0 Å². The number of thiazole rings is 1. The molecule has 0 bridgehead atoms. The van der Waals surface area contributed by atoms with E-state index in [9.17, 15) is 0 Å². The monoisotopic (exact) mass is 169 g/mol. The number of hydrogen-bond donors (Lipinski definition) is 0. The van der Waals surface area contributed by atoms with Gasteiger partial charge >= 0.3 is 0 Å². The van der Waals surface area contributed by atoms with Crippen molar-refractivity contribution < 1.29 is 0 Å². The first-order chi connectivity index (χ1) is 5.09. The van der Waals surface area contributed by atoms with Crippen molar-refractivity contribution in [2.75, 3.05) is 0 Å². The van der Waals surface area contributed by atoms with E-state index >= 15 is 0 Å². The predicted molar refractivity (Wildman–Crippen MR) is 50.1 cm³/mol. The van der Waals surface area contributed by atoms with Gasteiger partial charge in [0.25, 0.3) is 0 Å². The Morgan fingerprint density at radius 1 is 1.36 bits per heavy atom. The fourth-order valence-electron chi connectivity index (χ4n) is 1.15. The number of rotatable bonds is 2. The lowest BCUT2D eigenvalue weighted by molar-refractivity contribution is 0.635. The quantitative estimate of drug-likeness (QED) is 0.663. The maximum atomic E-state index is 4.47. The van der Waals surface area contributed by atoms with Crippen molar-refractivity contribution in [1.29, 1.82) is 0 Å². The largest absolute Gasteiger partial charge is 0.246 e. The highest BCUT2D eigenvalue weighted by Crippen LogP contribution is 2.18. The molecule has 0 saturated heterocycles. The first-order valence-electron chi connectivity index (χ1n) is 4.02. The second-order valence-corrected chi connectivity index (χ2v) is 4.74. The fourth-order valence-corrected chi connectivity index (χ4v) is 1.99. The van der Waals surface area contributed by atoms with E-state index in [4.69, 9.17) is 0 Å². The molecule has 0 unspecified atom stereocenters. The Bertz CT molecular complexity index is 238. The molecule has 1 aromatic heterocycles. The first kappa shape index (κ1) is 8.72. The normalized spacial score (nSPS) is 11.0. The summed E-state index contributed by atoms with van der Waals surface area (Å²) in [5, 5.41) is 1.19. The third-order valence-electron chi connectivity index (χ3n) is 1.60. The van der Waals surface area contributed by atoms with Gasteiger partial charge < -0.3 is 0 Å². The van der Waals surface area contributed by atoms with Crippen LogP contribution in [0.3, 0.4) is 0 Å². The molecule has 1 heterocycles. The molecule has 1 rings (SSSR count). The van der Waals surface area contributed by atoms with Crippen LogP contribution in [0.1, 0.15) is 29.4 Å². The van der Waals surface area contributed by atoms with Crippen molar-refractivity contribution in [3.8, 4) is 0 Å². The third kappa shape index (κ3) is 2.29. The van der Waals surface area contributed by atoms with Gasteiger partial charge in [0.15, 0.2) is 0 Å². The molecule has 0 aromatic carbocycles. The van der Waals surface area contributed by atoms with E-state index in [0.717, 1.165) is 12.3 Å². The molecule has 0 fully saturated rings. The fraction of sp³-hybridized carbons (Fsp3) is 0.667. The summed E-state index contributed by atoms with van der Waals surface area (Å²) in [6, 6.07) is 0. The van der Waals surface area contributed by atoms with Gasteiger partial charge in [0.05, 0.1) is 10.7 Å². The Hall–Kier alpha value is -0.370. The summed E-state index contributed by atoms with van der Waals surface area (Å²) in [5.74, 6) is 0.718. The van der Waals surface area contributed by atoms with Gasteiger partial charge in [0.2, 0.25) is 0 Å². The molecule has 62 valence electrons. The van der Waals surface area contributed by atoms with Crippen LogP contribution in [0.25, 0.3) is 0 Å². The molecular weight excluding hydrogens is 154 g/mol. The molecule has 2 heteroatoms. The smallest absolute Gasteiger partial charge is 0.0900 e. The van der Waals surface area contributed by atoms with E-state index in [1.165, 1.54) is 15.6 Å². The molecule has 0 saturated carbocycles. The molecule has 0 N–H and O–H groups in total. The SMILES string of the molecule is Cc1nc(CC(C)C)c(C)s1. The highest BCUT2D eigenvalue weighted by Gasteiger charge is 2.05. The molecule has 0 amide bonds. The molecule has 0 aliphatic rings. The van der Waals surface area contributed by atoms with Crippen LogP contribution in [-0.2, 0) is 6.42 Å². The summed E-state index contributed by atoms with van der Waals surface area (Å²) in [7, 11) is 0. The van der Waals surface area contributed by atoms with E-state index in [1.807, 2.05) is 0 Å². The van der Waals surface area contributed by atoms with E-state index in [-0.39, 0.29) is 0 Å². The van der Waals surface area contributed by atoms with E-state index in [2.05, 4.69) is 32.7 Å². The minimum atomic E-state index is 0.718. The van der Waals surface area contributed by atoms with Crippen LogP contribution in [0.5, 0.6) is 0 Å². The van der Waals surface area contributed by atoms with E-state index in [1.54, 1.807) is 11.3 Å². The lowest BCUT2D eigenvalue weighted by Gasteiger charge is -2.00. The lowest BCUT2D eigenvalue weighted by Crippen LogP contribution is -1.95. The second kappa shape index (κ2) is 3.35. The Balaban J connectivity index is 2.77. The Morgan fingerprint density at radius 3 is 2.36 bits per heavy atom. The second-order valence-electron chi connectivity index (χ2n) is 3.33. The van der Waals surface area contributed by atoms with Crippen molar-refractivity contribution >= 4 is 11.3 Å². The molecular formula is C9H15NS. The van der Waals surface area contributed by atoms with Gasteiger partial charge in [-0.15, -0.1) is 11.3 Å².